The second-order valence-corrected chi connectivity index (χ2v) is 54.2. The summed E-state index contributed by atoms with van der Waals surface area (Å²) in [6.45, 7) is 1.23. The third kappa shape index (κ3) is 37.1. The minimum absolute atomic E-state index is 0.0174. The molecule has 0 amide bonds. The van der Waals surface area contributed by atoms with E-state index >= 15 is 0 Å². The van der Waals surface area contributed by atoms with Crippen LogP contribution >= 0.6 is 106 Å². The number of imidazole rings is 2. The van der Waals surface area contributed by atoms with Crippen molar-refractivity contribution in [3.8, 4) is 0 Å². The molecule has 4 heterocycles. The highest BCUT2D eigenvalue weighted by Crippen LogP contribution is 2.73. The summed E-state index contributed by atoms with van der Waals surface area (Å²) < 4.78 is 157. The number of nitrogens with one attached hydrogen (secondary N) is 2. The molecule has 70 heteroatoms. The minimum Gasteiger partial charge on any atom is -0.367 e. The van der Waals surface area contributed by atoms with Crippen LogP contribution in [0.3, 0.4) is 0 Å². The molecule has 0 aromatic carbocycles. The van der Waals surface area contributed by atoms with E-state index in [1.807, 2.05) is 6.92 Å². The van der Waals surface area contributed by atoms with Gasteiger partial charge in [0, 0.05) is 87.2 Å². The Morgan fingerprint density at radius 1 is 0.429 bits per heavy atom. The number of nitrogens with two attached hydrogens (primary N) is 1. The van der Waals surface area contributed by atoms with Crippen LogP contribution in [0.5, 0.6) is 0 Å². The van der Waals surface area contributed by atoms with Crippen molar-refractivity contribution in [1.29, 1.82) is 0 Å². The molecule has 0 saturated heterocycles. The third-order valence-corrected chi connectivity index (χ3v) is 42.6. The molecule has 4 aromatic heterocycles. The Morgan fingerprint density at radius 2 is 0.790 bits per heavy atom. The van der Waals surface area contributed by atoms with E-state index in [9.17, 15) is 84.3 Å². The first kappa shape index (κ1) is 118. The molecule has 0 unspecified atom stereocenters. The number of nitrogens with zero attached hydrogens (tertiary/aromatic N) is 6. The Hall–Kier alpha value is -1.21. The highest BCUT2D eigenvalue weighted by Gasteiger charge is 2.63. The summed E-state index contributed by atoms with van der Waals surface area (Å²) >= 11 is 0. The quantitative estimate of drug-likeness (QED) is 0.0156. The second-order valence-electron chi connectivity index (χ2n) is 26.6. The van der Waals surface area contributed by atoms with Crippen LogP contribution in [0.2, 0.25) is 0 Å². The van der Waals surface area contributed by atoms with Gasteiger partial charge in [0.05, 0.1) is 12.9 Å². The summed E-state index contributed by atoms with van der Waals surface area (Å²) in [5.41, 5.74) is 1.30. The van der Waals surface area contributed by atoms with Gasteiger partial charge in [-0.2, -0.15) is 0 Å². The maximum atomic E-state index is 11.3. The van der Waals surface area contributed by atoms with Crippen molar-refractivity contribution in [2.24, 2.45) is 5.73 Å². The summed E-state index contributed by atoms with van der Waals surface area (Å²) in [6, 6.07) is 7.15. The van der Waals surface area contributed by atoms with Crippen LogP contribution in [0, 0.1) is 0 Å². The summed E-state index contributed by atoms with van der Waals surface area (Å²) in [5, 5.41) is 35.5. The molecule has 2 fully saturated rings. The average molecular weight is 2010 g/mol. The third-order valence-electron chi connectivity index (χ3n) is 16.9. The lowest BCUT2D eigenvalue weighted by Gasteiger charge is -2.30. The molecule has 0 atom stereocenters. The molecule has 2 aliphatic rings. The van der Waals surface area contributed by atoms with Gasteiger partial charge in [0.1, 0.15) is 5.65 Å². The van der Waals surface area contributed by atoms with Gasteiger partial charge in [0.2, 0.25) is 11.0 Å². The number of aliphatic hydroxyl groups is 5. The Labute approximate surface area is 676 Å². The molecule has 2 saturated carbocycles. The molecular formula is C49H105N9O47P14. The summed E-state index contributed by atoms with van der Waals surface area (Å²) in [6.07, 6.45) is 18.8. The number of rotatable bonds is 33. The first-order chi connectivity index (χ1) is 53.2. The minimum atomic E-state index is -5.48. The molecule has 56 nitrogen and oxygen atoms in total. The molecule has 2 aliphatic carbocycles. The number of fused-ring (bicyclic) bond motifs is 1. The SMILES string of the molecule is CCCCCN(C)CCC(O)(P(=O)(O)O)P(=O)(O)O.NCCC(O)(P(=O)(O)O)P(=O)(O)O.O=P(O)(O)C(NC1CCCCCC1)P(=O)(O)O.O=P(O)(O)C(NC1CCCCCC1)P(=O)(O)O.O=P(O)(O)C(O)(Cc1cccnc1)P(=O)(O)O.O=P(O)(O)C(O)(Cc1cnc2ccccn12)P(=O)(O)O.O=P(O)(O)C(O)(Cn1ccnc1)P(=O)(O)O. The topological polar surface area (TPSA) is 1010 Å². The monoisotopic (exact) mass is 2010 g/mol. The van der Waals surface area contributed by atoms with Crippen molar-refractivity contribution in [1.82, 2.24) is 39.5 Å². The summed E-state index contributed by atoms with van der Waals surface area (Å²) in [7, 11) is -71.6. The number of unbranched alkanes of at least 4 members (excludes halogenated alkanes) is 2. The van der Waals surface area contributed by atoms with E-state index in [-0.39, 0.29) is 29.9 Å². The number of hydrogen-bond donors (Lipinski definition) is 36. The van der Waals surface area contributed by atoms with Crippen LogP contribution in [0.25, 0.3) is 5.65 Å². The van der Waals surface area contributed by atoms with E-state index in [1.54, 1.807) is 30.1 Å². The fourth-order valence-electron chi connectivity index (χ4n) is 10.2. The molecule has 0 aliphatic heterocycles. The Bertz CT molecular complexity index is 4270. The van der Waals surface area contributed by atoms with E-state index in [2.05, 4.69) is 25.6 Å². The standard InChI is InChI=1S/C9H12N2O7P2.C9H23NO7P2.2C8H19NO6P2.C7H11NO7P2.C5H10N2O7P2.C3H11NO7P2/c12-9(19(13,14)15,20(16,17)18)5-7-6-10-8-3-1-2-4-11(7)8;1-3-4-5-7-10(2)8-6-9(11,18(12,13)14)19(15,16)17;2*10-16(11,12)8(17(13,14)15)9-7-5-3-1-2-4-6-7;9-7(16(10,11)12,17(13,14)15)4-6-2-1-3-8-5-6;8-5(15(9,10)11,16(12,13)14)3-7-2-1-6-4-7;4-2-1-3(5,12(6,7)8)13(9,10)11/h1-4,6,12H,5H2,(H2,13,14,15)(H2,16,17,18);11H,3-8H2,1-2H3,(H2,12,13,14)(H2,15,16,17);2*7-9H,1-6H2,(H2,10,11,12)(H2,13,14,15);1-3,5,9H,4H2,(H2,10,11,12)(H2,13,14,15);1-2,4,8H,3H2,(H2,9,10,11)(H2,12,13,14);5H,1-2,4H2,(H2,6,7,8)(H2,9,10,11). The van der Waals surface area contributed by atoms with Crippen molar-refractivity contribution < 1.29 is 226 Å². The van der Waals surface area contributed by atoms with E-state index in [4.69, 9.17) is 148 Å². The molecular weight excluding hydrogens is 1900 g/mol. The fraction of sp³-hybridized carbons (Fsp3) is 0.694. The lowest BCUT2D eigenvalue weighted by molar-refractivity contribution is 0.112. The fourth-order valence-corrected chi connectivity index (χ4v) is 25.5. The van der Waals surface area contributed by atoms with Crippen molar-refractivity contribution in [3.63, 3.8) is 0 Å². The van der Waals surface area contributed by atoms with Crippen LogP contribution in [-0.2, 0) is 83.3 Å². The molecule has 0 radical (unpaired) electrons. The zero-order valence-electron chi connectivity index (χ0n) is 62.5. The molecule has 37 N–H and O–H groups in total. The molecule has 4 aromatic rings. The van der Waals surface area contributed by atoms with E-state index in [0.717, 1.165) is 87.7 Å². The lowest BCUT2D eigenvalue weighted by atomic mass is 10.1. The first-order valence-electron chi connectivity index (χ1n) is 33.7. The Kier molecular flexibility index (Phi) is 46.4. The molecule has 119 heavy (non-hydrogen) atoms. The number of aromatic nitrogens is 5. The molecule has 0 spiro atoms. The van der Waals surface area contributed by atoms with Crippen LogP contribution in [0.4, 0.5) is 0 Å². The average Bonchev–Trinajstić information content (AvgIpc) is 1.74. The largest absolute Gasteiger partial charge is 0.371 e. The number of hydrogen-bond acceptors (Lipinski definition) is 26. The summed E-state index contributed by atoms with van der Waals surface area (Å²) in [4.78, 5) is 261. The van der Waals surface area contributed by atoms with Gasteiger partial charge < -0.3 is 182 Å². The van der Waals surface area contributed by atoms with Crippen LogP contribution in [0.1, 0.15) is 127 Å². The van der Waals surface area contributed by atoms with E-state index in [1.165, 1.54) is 47.5 Å². The van der Waals surface area contributed by atoms with E-state index in [0.29, 0.717) is 37.9 Å². The van der Waals surface area contributed by atoms with E-state index < -0.39 is 182 Å². The lowest BCUT2D eigenvalue weighted by Crippen LogP contribution is -2.37. The maximum absolute atomic E-state index is 11.3. The zero-order valence-corrected chi connectivity index (χ0v) is 75.0. The van der Waals surface area contributed by atoms with Crippen LogP contribution in [0.15, 0.2) is 73.8 Å². The van der Waals surface area contributed by atoms with Gasteiger partial charge in [0.25, 0.3) is 25.4 Å². The highest BCUT2D eigenvalue weighted by atomic mass is 31.3. The first-order valence-corrected chi connectivity index (χ1v) is 56.6. The van der Waals surface area contributed by atoms with Gasteiger partial charge in [0.15, 0.2) is 0 Å². The molecule has 698 valence electrons. The Balaban J connectivity index is 0.00000137. The Morgan fingerprint density at radius 3 is 1.09 bits per heavy atom. The summed E-state index contributed by atoms with van der Waals surface area (Å²) in [5.74, 6) is 0. The number of pyridine rings is 2. The van der Waals surface area contributed by atoms with Gasteiger partial charge in [-0.15, -0.1) is 0 Å². The highest BCUT2D eigenvalue weighted by molar-refractivity contribution is 7.74. The maximum Gasteiger partial charge on any atom is 0.371 e. The van der Waals surface area contributed by atoms with Gasteiger partial charge in [-0.05, 0) is 76.0 Å². The predicted octanol–water partition coefficient (Wildman–Crippen LogP) is -0.899. The molecule has 0 bridgehead atoms. The van der Waals surface area contributed by atoms with Crippen LogP contribution < -0.4 is 16.4 Å². The van der Waals surface area contributed by atoms with Crippen molar-refractivity contribution in [3.05, 3.63) is 85.1 Å². The van der Waals surface area contributed by atoms with Gasteiger partial charge in [-0.25, -0.2) is 9.97 Å². The second kappa shape index (κ2) is 46.9. The van der Waals surface area contributed by atoms with Gasteiger partial charge in [-0.3, -0.25) is 79.5 Å². The normalized spacial score (nSPS) is 15.9. The predicted molar refractivity (Wildman–Crippen MR) is 415 cm³/mol. The van der Waals surface area contributed by atoms with Crippen LogP contribution in [-0.4, -0.2) is 267 Å². The zero-order chi connectivity index (χ0) is 93.6. The molecule has 6 rings (SSSR count). The van der Waals surface area contributed by atoms with Gasteiger partial charge in [-0.1, -0.05) is 83.3 Å². The van der Waals surface area contributed by atoms with Crippen molar-refractivity contribution in [2.45, 2.75) is 184 Å². The van der Waals surface area contributed by atoms with Gasteiger partial charge >= 0.3 is 106 Å². The van der Waals surface area contributed by atoms with Crippen molar-refractivity contribution >= 4 is 112 Å². The smallest absolute Gasteiger partial charge is 0.367 e. The van der Waals surface area contributed by atoms with Crippen molar-refractivity contribution in [2.75, 3.05) is 26.7 Å².